The smallest absolute Gasteiger partial charge is 0.253 e. The molecular weight excluding hydrogens is 270 g/mol. The third-order valence-electron chi connectivity index (χ3n) is 3.16. The monoisotopic (exact) mass is 285 g/mol. The van der Waals surface area contributed by atoms with Crippen molar-refractivity contribution in [2.75, 3.05) is 0 Å². The van der Waals surface area contributed by atoms with Gasteiger partial charge in [-0.3, -0.25) is 4.79 Å². The van der Waals surface area contributed by atoms with Crippen LogP contribution >= 0.6 is 11.3 Å². The maximum Gasteiger partial charge on any atom is 0.253 e. The Morgan fingerprint density at radius 3 is 3.10 bits per heavy atom. The van der Waals surface area contributed by atoms with Crippen LogP contribution in [-0.4, -0.2) is 21.9 Å². The number of para-hydroxylation sites is 1. The maximum atomic E-state index is 12.3. The number of carbonyl (C=O) groups excluding carboxylic acids is 1. The number of hydrogen-bond donors (Lipinski definition) is 2. The van der Waals surface area contributed by atoms with Crippen molar-refractivity contribution in [1.29, 1.82) is 0 Å². The minimum Gasteiger partial charge on any atom is -0.349 e. The van der Waals surface area contributed by atoms with Crippen LogP contribution in [0.2, 0.25) is 0 Å². The summed E-state index contributed by atoms with van der Waals surface area (Å²) >= 11 is 1.71. The number of nitrogens with one attached hydrogen (secondary N) is 2. The van der Waals surface area contributed by atoms with E-state index in [4.69, 9.17) is 0 Å². The first kappa shape index (κ1) is 12.9. The molecule has 102 valence electrons. The Bertz CT molecular complexity index is 718. The fraction of sp³-hybridized carbons (Fsp3) is 0.200. The molecular formula is C15H15N3OS. The predicted octanol–water partition coefficient (Wildman–Crippen LogP) is 2.99. The van der Waals surface area contributed by atoms with E-state index in [0.717, 1.165) is 11.9 Å². The van der Waals surface area contributed by atoms with Gasteiger partial charge < -0.3 is 10.3 Å². The van der Waals surface area contributed by atoms with Gasteiger partial charge >= 0.3 is 0 Å². The largest absolute Gasteiger partial charge is 0.349 e. The van der Waals surface area contributed by atoms with Crippen LogP contribution in [0.3, 0.4) is 0 Å². The highest BCUT2D eigenvalue weighted by atomic mass is 32.1. The summed E-state index contributed by atoms with van der Waals surface area (Å²) in [4.78, 5) is 20.8. The van der Waals surface area contributed by atoms with E-state index in [1.807, 2.05) is 30.5 Å². The molecule has 2 heterocycles. The summed E-state index contributed by atoms with van der Waals surface area (Å²) in [6.45, 7) is 2.02. The van der Waals surface area contributed by atoms with Crippen LogP contribution in [0.1, 0.15) is 22.2 Å². The summed E-state index contributed by atoms with van der Waals surface area (Å²) < 4.78 is 0. The number of imidazole rings is 1. The Labute approximate surface area is 120 Å². The van der Waals surface area contributed by atoms with Crippen LogP contribution in [0.15, 0.2) is 42.0 Å². The summed E-state index contributed by atoms with van der Waals surface area (Å²) in [6.07, 6.45) is 2.45. The number of aromatic nitrogens is 2. The van der Waals surface area contributed by atoms with Crippen LogP contribution < -0.4 is 5.32 Å². The predicted molar refractivity (Wildman–Crippen MR) is 81.0 cm³/mol. The molecule has 3 aromatic rings. The summed E-state index contributed by atoms with van der Waals surface area (Å²) in [7, 11) is 0. The minimum atomic E-state index is -0.0771. The van der Waals surface area contributed by atoms with Crippen molar-refractivity contribution in [3.63, 3.8) is 0 Å². The zero-order valence-electron chi connectivity index (χ0n) is 11.1. The molecule has 1 aromatic carbocycles. The second kappa shape index (κ2) is 5.46. The number of hydrogen-bond acceptors (Lipinski definition) is 3. The zero-order chi connectivity index (χ0) is 13.9. The second-order valence-electron chi connectivity index (χ2n) is 4.76. The molecule has 1 amide bonds. The number of benzene rings is 1. The van der Waals surface area contributed by atoms with Gasteiger partial charge in [-0.25, -0.2) is 4.98 Å². The summed E-state index contributed by atoms with van der Waals surface area (Å²) in [5.74, 6) is -0.0771. The van der Waals surface area contributed by atoms with E-state index in [0.29, 0.717) is 11.1 Å². The first-order valence-corrected chi connectivity index (χ1v) is 7.37. The van der Waals surface area contributed by atoms with E-state index in [2.05, 4.69) is 21.4 Å². The van der Waals surface area contributed by atoms with Gasteiger partial charge in [0.25, 0.3) is 5.91 Å². The van der Waals surface area contributed by atoms with Gasteiger partial charge in [-0.15, -0.1) is 11.3 Å². The molecule has 0 bridgehead atoms. The molecule has 0 spiro atoms. The first-order chi connectivity index (χ1) is 9.74. The van der Waals surface area contributed by atoms with E-state index in [9.17, 15) is 4.79 Å². The Hall–Kier alpha value is -2.14. The Morgan fingerprint density at radius 1 is 1.40 bits per heavy atom. The number of H-pyrrole nitrogens is 1. The van der Waals surface area contributed by atoms with Gasteiger partial charge in [-0.05, 0) is 30.5 Å². The van der Waals surface area contributed by atoms with Crippen molar-refractivity contribution < 1.29 is 4.79 Å². The highest BCUT2D eigenvalue weighted by molar-refractivity contribution is 7.09. The standard InChI is InChI=1S/C15H15N3OS/c1-10(8-11-4-3-7-20-11)18-15(19)12-5-2-6-13-14(12)17-9-16-13/h2-7,9-10H,8H2,1H3,(H,16,17)(H,18,19)/t10-/m1/s1. The molecule has 0 saturated heterocycles. The van der Waals surface area contributed by atoms with Gasteiger partial charge in [0, 0.05) is 17.3 Å². The van der Waals surface area contributed by atoms with Gasteiger partial charge in [0.15, 0.2) is 0 Å². The van der Waals surface area contributed by atoms with Crippen molar-refractivity contribution >= 4 is 28.3 Å². The Kier molecular flexibility index (Phi) is 3.52. The van der Waals surface area contributed by atoms with Crippen molar-refractivity contribution in [2.24, 2.45) is 0 Å². The average molecular weight is 285 g/mol. The molecule has 0 aliphatic carbocycles. The molecule has 0 unspecified atom stereocenters. The normalized spacial score (nSPS) is 12.4. The number of fused-ring (bicyclic) bond motifs is 1. The number of rotatable bonds is 4. The number of aromatic amines is 1. The highest BCUT2D eigenvalue weighted by Crippen LogP contribution is 2.15. The lowest BCUT2D eigenvalue weighted by Crippen LogP contribution is -2.34. The molecule has 0 saturated carbocycles. The van der Waals surface area contributed by atoms with Crippen molar-refractivity contribution in [1.82, 2.24) is 15.3 Å². The van der Waals surface area contributed by atoms with E-state index in [1.165, 1.54) is 4.88 Å². The quantitative estimate of drug-likeness (QED) is 0.774. The minimum absolute atomic E-state index is 0.0771. The van der Waals surface area contributed by atoms with Crippen molar-refractivity contribution in [2.45, 2.75) is 19.4 Å². The van der Waals surface area contributed by atoms with Crippen molar-refractivity contribution in [3.8, 4) is 0 Å². The average Bonchev–Trinajstić information content (AvgIpc) is 3.08. The third kappa shape index (κ3) is 2.58. The molecule has 2 N–H and O–H groups in total. The summed E-state index contributed by atoms with van der Waals surface area (Å²) in [6, 6.07) is 9.78. The first-order valence-electron chi connectivity index (χ1n) is 6.49. The molecule has 20 heavy (non-hydrogen) atoms. The molecule has 1 atom stereocenters. The van der Waals surface area contributed by atoms with Crippen LogP contribution in [-0.2, 0) is 6.42 Å². The van der Waals surface area contributed by atoms with Crippen LogP contribution in [0.4, 0.5) is 0 Å². The number of carbonyl (C=O) groups is 1. The van der Waals surface area contributed by atoms with Crippen LogP contribution in [0, 0.1) is 0 Å². The molecule has 5 heteroatoms. The Morgan fingerprint density at radius 2 is 2.30 bits per heavy atom. The Balaban J connectivity index is 1.74. The van der Waals surface area contributed by atoms with Gasteiger partial charge in [-0.1, -0.05) is 12.1 Å². The number of thiophene rings is 1. The molecule has 0 aliphatic rings. The van der Waals surface area contributed by atoms with Crippen LogP contribution in [0.25, 0.3) is 11.0 Å². The molecule has 4 nitrogen and oxygen atoms in total. The lowest BCUT2D eigenvalue weighted by atomic mass is 10.1. The topological polar surface area (TPSA) is 57.8 Å². The van der Waals surface area contributed by atoms with Gasteiger partial charge in [-0.2, -0.15) is 0 Å². The van der Waals surface area contributed by atoms with Gasteiger partial charge in [0.1, 0.15) is 5.52 Å². The SMILES string of the molecule is C[C@H](Cc1cccs1)NC(=O)c1cccc2[nH]cnc12. The number of amides is 1. The third-order valence-corrected chi connectivity index (χ3v) is 4.06. The van der Waals surface area contributed by atoms with Crippen LogP contribution in [0.5, 0.6) is 0 Å². The lowest BCUT2D eigenvalue weighted by Gasteiger charge is -2.13. The van der Waals surface area contributed by atoms with Crippen molar-refractivity contribution in [3.05, 3.63) is 52.5 Å². The molecule has 0 fully saturated rings. The van der Waals surface area contributed by atoms with Gasteiger partial charge in [0.2, 0.25) is 0 Å². The molecule has 0 radical (unpaired) electrons. The summed E-state index contributed by atoms with van der Waals surface area (Å²) in [5, 5.41) is 5.08. The second-order valence-corrected chi connectivity index (χ2v) is 5.79. The fourth-order valence-electron chi connectivity index (χ4n) is 2.23. The van der Waals surface area contributed by atoms with E-state index >= 15 is 0 Å². The lowest BCUT2D eigenvalue weighted by molar-refractivity contribution is 0.0941. The highest BCUT2D eigenvalue weighted by Gasteiger charge is 2.14. The van der Waals surface area contributed by atoms with E-state index < -0.39 is 0 Å². The van der Waals surface area contributed by atoms with E-state index in [-0.39, 0.29) is 11.9 Å². The molecule has 2 aromatic heterocycles. The van der Waals surface area contributed by atoms with Gasteiger partial charge in [0.05, 0.1) is 17.4 Å². The van der Waals surface area contributed by atoms with E-state index in [1.54, 1.807) is 23.7 Å². The molecule has 3 rings (SSSR count). The number of nitrogens with zero attached hydrogens (tertiary/aromatic N) is 1. The maximum absolute atomic E-state index is 12.3. The fourth-order valence-corrected chi connectivity index (χ4v) is 3.07. The molecule has 0 aliphatic heterocycles. The zero-order valence-corrected chi connectivity index (χ0v) is 11.9. The summed E-state index contributed by atoms with van der Waals surface area (Å²) in [5.41, 5.74) is 2.21.